The van der Waals surface area contributed by atoms with Gasteiger partial charge in [0.15, 0.2) is 0 Å². The minimum absolute atomic E-state index is 0.0146. The first kappa shape index (κ1) is 21.8. The first-order valence-electron chi connectivity index (χ1n) is 10.7. The molecule has 6 heteroatoms. The Morgan fingerprint density at radius 1 is 1.07 bits per heavy atom. The summed E-state index contributed by atoms with van der Waals surface area (Å²) in [6, 6.07) is 13.5. The second-order valence-corrected chi connectivity index (χ2v) is 7.95. The maximum atomic E-state index is 12.9. The highest BCUT2D eigenvalue weighted by Gasteiger charge is 2.23. The number of likely N-dealkylation sites (tertiary alicyclic amines) is 1. The van der Waals surface area contributed by atoms with E-state index in [-0.39, 0.29) is 11.9 Å². The third kappa shape index (κ3) is 5.60. The van der Waals surface area contributed by atoms with Crippen LogP contribution in [-0.2, 0) is 13.1 Å². The molecule has 2 aromatic carbocycles. The Balaban J connectivity index is 1.64. The van der Waals surface area contributed by atoms with E-state index in [9.17, 15) is 9.59 Å². The van der Waals surface area contributed by atoms with Gasteiger partial charge in [-0.2, -0.15) is 0 Å². The number of rotatable bonds is 7. The fraction of sp³-hybridized carbons (Fsp3) is 0.417. The van der Waals surface area contributed by atoms with Gasteiger partial charge in [-0.05, 0) is 56.1 Å². The molecule has 1 aliphatic heterocycles. The Morgan fingerprint density at radius 2 is 1.77 bits per heavy atom. The Labute approximate surface area is 179 Å². The second kappa shape index (κ2) is 10.3. The summed E-state index contributed by atoms with van der Waals surface area (Å²) in [6.07, 6.45) is 2.07. The fourth-order valence-corrected chi connectivity index (χ4v) is 3.70. The summed E-state index contributed by atoms with van der Waals surface area (Å²) in [5.74, 6) is -0.0146. The van der Waals surface area contributed by atoms with Crippen LogP contribution in [0.1, 0.15) is 46.8 Å². The molecule has 3 amide bonds. The van der Waals surface area contributed by atoms with E-state index in [2.05, 4.69) is 41.6 Å². The number of carbonyl (C=O) groups is 2. The van der Waals surface area contributed by atoms with Crippen molar-refractivity contribution in [3.8, 4) is 0 Å². The number of hydrogen-bond acceptors (Lipinski definition) is 3. The Kier molecular flexibility index (Phi) is 7.46. The molecule has 0 aliphatic carbocycles. The van der Waals surface area contributed by atoms with E-state index in [0.29, 0.717) is 17.8 Å². The molecule has 0 spiro atoms. The van der Waals surface area contributed by atoms with Crippen molar-refractivity contribution in [1.82, 2.24) is 15.1 Å². The maximum absolute atomic E-state index is 12.9. The number of nitrogens with one attached hydrogen (secondary N) is 2. The van der Waals surface area contributed by atoms with Gasteiger partial charge in [-0.3, -0.25) is 4.79 Å². The van der Waals surface area contributed by atoms with Crippen LogP contribution in [0, 0.1) is 6.92 Å². The molecule has 1 saturated heterocycles. The highest BCUT2D eigenvalue weighted by Crippen LogP contribution is 2.24. The van der Waals surface area contributed by atoms with Crippen molar-refractivity contribution in [1.29, 1.82) is 0 Å². The second-order valence-electron chi connectivity index (χ2n) is 7.95. The summed E-state index contributed by atoms with van der Waals surface area (Å²) >= 11 is 0. The van der Waals surface area contributed by atoms with Gasteiger partial charge in [0.25, 0.3) is 5.91 Å². The summed E-state index contributed by atoms with van der Waals surface area (Å²) in [5.41, 5.74) is 4.28. The van der Waals surface area contributed by atoms with Gasteiger partial charge < -0.3 is 20.4 Å². The number of anilines is 1. The molecule has 1 aliphatic rings. The molecule has 3 rings (SSSR count). The third-order valence-electron chi connectivity index (χ3n) is 5.57. The van der Waals surface area contributed by atoms with Crippen LogP contribution in [0.3, 0.4) is 0 Å². The first-order chi connectivity index (χ1) is 14.5. The number of carbonyl (C=O) groups excluding carboxylic acids is 2. The molecular weight excluding hydrogens is 376 g/mol. The lowest BCUT2D eigenvalue weighted by Crippen LogP contribution is -2.32. The van der Waals surface area contributed by atoms with Gasteiger partial charge in [0, 0.05) is 26.2 Å². The predicted molar refractivity (Wildman–Crippen MR) is 121 cm³/mol. The summed E-state index contributed by atoms with van der Waals surface area (Å²) in [4.78, 5) is 29.6. The van der Waals surface area contributed by atoms with Crippen LogP contribution in [0.15, 0.2) is 42.5 Å². The van der Waals surface area contributed by atoms with Crippen LogP contribution in [0.25, 0.3) is 0 Å². The topological polar surface area (TPSA) is 64.7 Å². The number of para-hydroxylation sites is 1. The van der Waals surface area contributed by atoms with E-state index in [1.54, 1.807) is 6.07 Å². The zero-order valence-corrected chi connectivity index (χ0v) is 18.2. The van der Waals surface area contributed by atoms with Crippen molar-refractivity contribution in [2.75, 3.05) is 32.0 Å². The summed E-state index contributed by atoms with van der Waals surface area (Å²) < 4.78 is 0. The maximum Gasteiger partial charge on any atom is 0.319 e. The zero-order valence-electron chi connectivity index (χ0n) is 18.2. The molecular formula is C24H32N4O2. The minimum Gasteiger partial charge on any atom is -0.339 e. The Bertz CT molecular complexity index is 891. The lowest BCUT2D eigenvalue weighted by atomic mass is 10.1. The SMILES string of the molecule is CCN(C)Cc1cccc(CNC(=O)Nc2c(C)cccc2C(=O)N2CCCC2)c1. The van der Waals surface area contributed by atoms with E-state index in [4.69, 9.17) is 0 Å². The van der Waals surface area contributed by atoms with Gasteiger partial charge in [-0.1, -0.05) is 43.3 Å². The molecule has 0 unspecified atom stereocenters. The van der Waals surface area contributed by atoms with Crippen LogP contribution in [0.5, 0.6) is 0 Å². The predicted octanol–water partition coefficient (Wildman–Crippen LogP) is 4.00. The number of aryl methyl sites for hydroxylation is 1. The van der Waals surface area contributed by atoms with E-state index >= 15 is 0 Å². The van der Waals surface area contributed by atoms with Crippen molar-refractivity contribution in [2.45, 2.75) is 39.8 Å². The summed E-state index contributed by atoms with van der Waals surface area (Å²) in [5, 5.41) is 5.82. The number of urea groups is 1. The normalized spacial score (nSPS) is 13.5. The van der Waals surface area contributed by atoms with Gasteiger partial charge in [0.2, 0.25) is 0 Å². The van der Waals surface area contributed by atoms with Crippen molar-refractivity contribution in [3.05, 3.63) is 64.7 Å². The minimum atomic E-state index is -0.309. The molecule has 0 atom stereocenters. The Hall–Kier alpha value is -2.86. The van der Waals surface area contributed by atoms with Gasteiger partial charge in [-0.25, -0.2) is 4.79 Å². The quantitative estimate of drug-likeness (QED) is 0.728. The summed E-state index contributed by atoms with van der Waals surface area (Å²) in [7, 11) is 2.08. The Morgan fingerprint density at radius 3 is 2.50 bits per heavy atom. The van der Waals surface area contributed by atoms with Gasteiger partial charge >= 0.3 is 6.03 Å². The standard InChI is InChI=1S/C24H32N4O2/c1-4-27(3)17-20-11-8-10-19(15-20)16-25-24(30)26-22-18(2)9-7-12-21(22)23(29)28-13-5-6-14-28/h7-12,15H,4-6,13-14,16-17H2,1-3H3,(H2,25,26,30). The molecule has 1 fully saturated rings. The van der Waals surface area contributed by atoms with Crippen molar-refractivity contribution < 1.29 is 9.59 Å². The number of benzene rings is 2. The summed E-state index contributed by atoms with van der Waals surface area (Å²) in [6.45, 7) is 7.89. The van der Waals surface area contributed by atoms with Crippen molar-refractivity contribution in [2.24, 2.45) is 0 Å². The average molecular weight is 409 g/mol. The molecule has 160 valence electrons. The highest BCUT2D eigenvalue weighted by atomic mass is 16.2. The molecule has 1 heterocycles. The van der Waals surface area contributed by atoms with Crippen LogP contribution < -0.4 is 10.6 Å². The molecule has 0 aromatic heterocycles. The van der Waals surface area contributed by atoms with Crippen molar-refractivity contribution in [3.63, 3.8) is 0 Å². The van der Waals surface area contributed by atoms with Crippen LogP contribution in [-0.4, -0.2) is 48.4 Å². The lowest BCUT2D eigenvalue weighted by molar-refractivity contribution is 0.0793. The fourth-order valence-electron chi connectivity index (χ4n) is 3.70. The number of nitrogens with zero attached hydrogens (tertiary/aromatic N) is 2. The molecule has 2 aromatic rings. The largest absolute Gasteiger partial charge is 0.339 e. The molecule has 2 N–H and O–H groups in total. The van der Waals surface area contributed by atoms with Crippen LogP contribution >= 0.6 is 0 Å². The third-order valence-corrected chi connectivity index (χ3v) is 5.57. The molecule has 0 radical (unpaired) electrons. The van der Waals surface area contributed by atoms with Gasteiger partial charge in [0.1, 0.15) is 0 Å². The van der Waals surface area contributed by atoms with Gasteiger partial charge in [-0.15, -0.1) is 0 Å². The molecule has 0 saturated carbocycles. The molecule has 0 bridgehead atoms. The monoisotopic (exact) mass is 408 g/mol. The van der Waals surface area contributed by atoms with Crippen molar-refractivity contribution >= 4 is 17.6 Å². The van der Waals surface area contributed by atoms with E-state index in [0.717, 1.165) is 50.1 Å². The first-order valence-corrected chi connectivity index (χ1v) is 10.7. The van der Waals surface area contributed by atoms with E-state index in [1.807, 2.05) is 36.1 Å². The number of amides is 3. The number of hydrogen-bond donors (Lipinski definition) is 2. The van der Waals surface area contributed by atoms with Crippen LogP contribution in [0.4, 0.5) is 10.5 Å². The van der Waals surface area contributed by atoms with E-state index < -0.39 is 0 Å². The zero-order chi connectivity index (χ0) is 21.5. The van der Waals surface area contributed by atoms with Crippen LogP contribution in [0.2, 0.25) is 0 Å². The highest BCUT2D eigenvalue weighted by molar-refractivity contribution is 6.04. The van der Waals surface area contributed by atoms with E-state index in [1.165, 1.54) is 5.56 Å². The smallest absolute Gasteiger partial charge is 0.319 e. The molecule has 6 nitrogen and oxygen atoms in total. The lowest BCUT2D eigenvalue weighted by Gasteiger charge is -2.19. The molecule has 30 heavy (non-hydrogen) atoms. The average Bonchev–Trinajstić information content (AvgIpc) is 3.28. The van der Waals surface area contributed by atoms with Gasteiger partial charge in [0.05, 0.1) is 11.3 Å².